The summed E-state index contributed by atoms with van der Waals surface area (Å²) >= 11 is 0. The second kappa shape index (κ2) is 11.4. The number of methoxy groups -OCH3 is 3. The smallest absolute Gasteiger partial charge is 0.342 e. The number of rotatable bonds is 9. The van der Waals surface area contributed by atoms with Gasteiger partial charge in [-0.25, -0.2) is 9.18 Å². The van der Waals surface area contributed by atoms with E-state index in [1.54, 1.807) is 30.3 Å². The summed E-state index contributed by atoms with van der Waals surface area (Å²) in [5, 5.41) is 10.6. The van der Waals surface area contributed by atoms with Crippen molar-refractivity contribution in [1.82, 2.24) is 0 Å². The first-order chi connectivity index (χ1) is 16.8. The summed E-state index contributed by atoms with van der Waals surface area (Å²) in [6.45, 7) is 4.45. The average molecular weight is 481 g/mol. The lowest BCUT2D eigenvalue weighted by Gasteiger charge is -2.20. The van der Waals surface area contributed by atoms with E-state index in [2.05, 4.69) is 6.08 Å². The predicted molar refractivity (Wildman–Crippen MR) is 133 cm³/mol. The van der Waals surface area contributed by atoms with Crippen LogP contribution in [-0.2, 0) is 4.74 Å². The number of allylic oxidation sites excluding steroid dienone is 1. The summed E-state index contributed by atoms with van der Waals surface area (Å²) in [6, 6.07) is 12.3. The fraction of sp³-hybridized carbons (Fsp3) is 0.250. The van der Waals surface area contributed by atoms with Crippen LogP contribution in [0.1, 0.15) is 30.6 Å². The van der Waals surface area contributed by atoms with E-state index in [0.717, 1.165) is 6.42 Å². The summed E-state index contributed by atoms with van der Waals surface area (Å²) in [5.41, 5.74) is 3.35. The Morgan fingerprint density at radius 2 is 1.63 bits per heavy atom. The van der Waals surface area contributed by atoms with Crippen molar-refractivity contribution in [2.24, 2.45) is 0 Å². The Kier molecular flexibility index (Phi) is 8.36. The number of aromatic hydroxyl groups is 1. The first-order valence-corrected chi connectivity index (χ1v) is 11.0. The molecule has 6 nitrogen and oxygen atoms in total. The van der Waals surface area contributed by atoms with Gasteiger partial charge in [0.1, 0.15) is 22.9 Å². The number of phenols is 1. The van der Waals surface area contributed by atoms with Crippen LogP contribution in [0.5, 0.6) is 23.0 Å². The van der Waals surface area contributed by atoms with Gasteiger partial charge in [0.25, 0.3) is 0 Å². The van der Waals surface area contributed by atoms with Crippen LogP contribution in [0.15, 0.2) is 60.2 Å². The molecular weight excluding hydrogens is 451 g/mol. The number of phenolic OH excluding ortho intramolecular Hbond substituents is 1. The third-order valence-corrected chi connectivity index (χ3v) is 5.39. The molecule has 3 aromatic rings. The highest BCUT2D eigenvalue weighted by atomic mass is 19.1. The Labute approximate surface area is 204 Å². The molecule has 35 heavy (non-hydrogen) atoms. The Balaban J connectivity index is 2.14. The van der Waals surface area contributed by atoms with Gasteiger partial charge < -0.3 is 24.1 Å². The number of ether oxygens (including phenoxy) is 4. The minimum Gasteiger partial charge on any atom is -0.504 e. The Morgan fingerprint density at radius 3 is 2.20 bits per heavy atom. The lowest BCUT2D eigenvalue weighted by molar-refractivity contribution is 0.0597. The van der Waals surface area contributed by atoms with Crippen LogP contribution in [-0.4, -0.2) is 39.0 Å². The van der Waals surface area contributed by atoms with Crippen molar-refractivity contribution in [3.8, 4) is 45.3 Å². The van der Waals surface area contributed by atoms with E-state index in [9.17, 15) is 14.3 Å². The quantitative estimate of drug-likeness (QED) is 0.217. The van der Waals surface area contributed by atoms with Crippen LogP contribution in [0, 0.1) is 5.82 Å². The third kappa shape index (κ3) is 5.74. The lowest BCUT2D eigenvalue weighted by Crippen LogP contribution is -2.09. The molecule has 0 aliphatic carbocycles. The van der Waals surface area contributed by atoms with Crippen molar-refractivity contribution in [2.45, 2.75) is 20.3 Å². The molecular formula is C28H29FO6. The van der Waals surface area contributed by atoms with Gasteiger partial charge >= 0.3 is 5.97 Å². The van der Waals surface area contributed by atoms with Gasteiger partial charge in [0.2, 0.25) is 0 Å². The van der Waals surface area contributed by atoms with Crippen LogP contribution in [0.2, 0.25) is 0 Å². The fourth-order valence-corrected chi connectivity index (χ4v) is 3.75. The van der Waals surface area contributed by atoms with E-state index < -0.39 is 11.8 Å². The van der Waals surface area contributed by atoms with Crippen LogP contribution >= 0.6 is 0 Å². The second-order valence-electron chi connectivity index (χ2n) is 8.01. The Hall–Kier alpha value is -4.00. The van der Waals surface area contributed by atoms with E-state index in [-0.39, 0.29) is 17.1 Å². The molecule has 0 fully saturated rings. The molecule has 0 heterocycles. The maximum atomic E-state index is 13.6. The summed E-state index contributed by atoms with van der Waals surface area (Å²) < 4.78 is 35.6. The number of carbonyl (C=O) groups is 1. The van der Waals surface area contributed by atoms with Gasteiger partial charge in [0.15, 0.2) is 11.5 Å². The molecule has 7 heteroatoms. The maximum Gasteiger partial charge on any atom is 0.342 e. The topological polar surface area (TPSA) is 74.2 Å². The Morgan fingerprint density at radius 1 is 0.943 bits per heavy atom. The zero-order chi connectivity index (χ0) is 25.5. The number of benzene rings is 3. The molecule has 0 aliphatic rings. The normalized spacial score (nSPS) is 10.5. The Bertz CT molecular complexity index is 1230. The van der Waals surface area contributed by atoms with Crippen molar-refractivity contribution < 1.29 is 33.2 Å². The first kappa shape index (κ1) is 25.6. The number of carbonyl (C=O) groups excluding carboxylic acids is 1. The highest BCUT2D eigenvalue weighted by Crippen LogP contribution is 2.46. The van der Waals surface area contributed by atoms with Gasteiger partial charge in [-0.3, -0.25) is 0 Å². The van der Waals surface area contributed by atoms with E-state index in [4.69, 9.17) is 18.9 Å². The summed E-state index contributed by atoms with van der Waals surface area (Å²) in [4.78, 5) is 12.9. The van der Waals surface area contributed by atoms with E-state index in [1.165, 1.54) is 45.1 Å². The molecule has 0 saturated carbocycles. The monoisotopic (exact) mass is 480 g/mol. The number of hydrogen-bond donors (Lipinski definition) is 1. The molecule has 1 N–H and O–H groups in total. The molecule has 0 aromatic heterocycles. The van der Waals surface area contributed by atoms with E-state index in [1.807, 2.05) is 13.8 Å². The van der Waals surface area contributed by atoms with Gasteiger partial charge in [-0.2, -0.15) is 0 Å². The summed E-state index contributed by atoms with van der Waals surface area (Å²) in [6.07, 6.45) is 2.78. The van der Waals surface area contributed by atoms with Gasteiger partial charge in [0.05, 0.1) is 27.9 Å². The lowest BCUT2D eigenvalue weighted by atomic mass is 9.92. The molecule has 0 amide bonds. The van der Waals surface area contributed by atoms with E-state index in [0.29, 0.717) is 40.4 Å². The third-order valence-electron chi connectivity index (χ3n) is 5.39. The van der Waals surface area contributed by atoms with Gasteiger partial charge in [-0.15, -0.1) is 0 Å². The highest BCUT2D eigenvalue weighted by Gasteiger charge is 2.27. The van der Waals surface area contributed by atoms with Crippen LogP contribution in [0.3, 0.4) is 0 Å². The molecule has 184 valence electrons. The molecule has 0 aliphatic heterocycles. The number of hydrogen-bond acceptors (Lipinski definition) is 6. The average Bonchev–Trinajstić information content (AvgIpc) is 2.85. The largest absolute Gasteiger partial charge is 0.504 e. The van der Waals surface area contributed by atoms with Crippen molar-refractivity contribution in [3.05, 3.63) is 71.6 Å². The second-order valence-corrected chi connectivity index (χ2v) is 8.01. The number of esters is 1. The van der Waals surface area contributed by atoms with Crippen molar-refractivity contribution in [2.75, 3.05) is 27.9 Å². The van der Waals surface area contributed by atoms with Crippen LogP contribution in [0.4, 0.5) is 4.39 Å². The minimum absolute atomic E-state index is 0.0528. The molecule has 0 spiro atoms. The van der Waals surface area contributed by atoms with Gasteiger partial charge in [-0.05, 0) is 61.7 Å². The fourth-order valence-electron chi connectivity index (χ4n) is 3.75. The molecule has 0 bridgehead atoms. The van der Waals surface area contributed by atoms with Crippen LogP contribution in [0.25, 0.3) is 22.3 Å². The molecule has 3 aromatic carbocycles. The highest BCUT2D eigenvalue weighted by molar-refractivity contribution is 6.05. The van der Waals surface area contributed by atoms with Crippen molar-refractivity contribution in [3.63, 3.8) is 0 Å². The standard InChI is InChI=1S/C28H29FO6/c1-17(2)7-6-14-35-23-13-10-19(15-22(23)30)21-16-24(32-3)25(18-8-11-20(29)12-9-18)26(27(21)33-4)28(31)34-5/h7-13,15-16,30H,6,14H2,1-5H3. The zero-order valence-corrected chi connectivity index (χ0v) is 20.5. The zero-order valence-electron chi connectivity index (χ0n) is 20.5. The number of halogens is 1. The van der Waals surface area contributed by atoms with Gasteiger partial charge in [0, 0.05) is 11.1 Å². The molecule has 0 unspecified atom stereocenters. The maximum absolute atomic E-state index is 13.6. The van der Waals surface area contributed by atoms with Crippen molar-refractivity contribution >= 4 is 5.97 Å². The molecule has 0 radical (unpaired) electrons. The molecule has 0 saturated heterocycles. The van der Waals surface area contributed by atoms with Crippen LogP contribution < -0.4 is 14.2 Å². The minimum atomic E-state index is -0.648. The predicted octanol–water partition coefficient (Wildman–Crippen LogP) is 6.40. The summed E-state index contributed by atoms with van der Waals surface area (Å²) in [5.74, 6) is -0.178. The SMILES string of the molecule is COC(=O)c1c(OC)c(-c2ccc(OCCC=C(C)C)c(O)c2)cc(OC)c1-c1ccc(F)cc1. The summed E-state index contributed by atoms with van der Waals surface area (Å²) in [7, 11) is 4.18. The molecule has 0 atom stereocenters. The first-order valence-electron chi connectivity index (χ1n) is 11.0. The van der Waals surface area contributed by atoms with Gasteiger partial charge in [-0.1, -0.05) is 29.8 Å². The molecule has 3 rings (SSSR count). The van der Waals surface area contributed by atoms with Crippen molar-refractivity contribution in [1.29, 1.82) is 0 Å². The van der Waals surface area contributed by atoms with E-state index >= 15 is 0 Å².